The molecule has 3 rings (SSSR count). The predicted molar refractivity (Wildman–Crippen MR) is 168 cm³/mol. The zero-order valence-corrected chi connectivity index (χ0v) is 29.7. The number of esters is 2. The van der Waals surface area contributed by atoms with Crippen LogP contribution in [0, 0.1) is 28.7 Å². The number of carbonyl (C=O) groups excluding carboxylic acids is 2. The molecule has 3 fully saturated rings. The third-order valence-corrected chi connectivity index (χ3v) is 9.47. The van der Waals surface area contributed by atoms with Crippen molar-refractivity contribution < 1.29 is 67.9 Å². The number of ether oxygens (including phenoxy) is 8. The molecule has 0 spiro atoms. The summed E-state index contributed by atoms with van der Waals surface area (Å²) in [6, 6.07) is 0. The number of methoxy groups -OCH3 is 2. The molecule has 2 aliphatic heterocycles. The lowest BCUT2D eigenvalue weighted by Gasteiger charge is -2.41. The largest absolute Gasteiger partial charge is 0.463 e. The quantitative estimate of drug-likeness (QED) is 0.0673. The molecule has 0 radical (unpaired) electrons. The molecule has 4 N–H and O–H groups in total. The van der Waals surface area contributed by atoms with E-state index in [2.05, 4.69) is 31.4 Å². The molecule has 12 atom stereocenters. The highest BCUT2D eigenvalue weighted by Gasteiger charge is 2.57. The molecule has 15 heteroatoms. The summed E-state index contributed by atoms with van der Waals surface area (Å²) in [7, 11) is 0.821. The van der Waals surface area contributed by atoms with Crippen LogP contribution in [-0.4, -0.2) is 142 Å². The van der Waals surface area contributed by atoms with E-state index in [9.17, 15) is 30.0 Å². The minimum absolute atomic E-state index is 0.0397. The monoisotopic (exact) mass is 688 g/mol. The summed E-state index contributed by atoms with van der Waals surface area (Å²) in [6.45, 7) is 13.7. The lowest BCUT2D eigenvalue weighted by Crippen LogP contribution is -2.62. The Kier molecular flexibility index (Phi) is 14.0. The van der Waals surface area contributed by atoms with Gasteiger partial charge in [0, 0.05) is 20.1 Å². The fraction of sp³-hybridized carbons (Fsp3) is 0.812. The van der Waals surface area contributed by atoms with Gasteiger partial charge >= 0.3 is 11.9 Å². The summed E-state index contributed by atoms with van der Waals surface area (Å²) in [4.78, 5) is 26.0. The third kappa shape index (κ3) is 10.0. The van der Waals surface area contributed by atoms with Crippen LogP contribution < -0.4 is 0 Å². The van der Waals surface area contributed by atoms with Crippen LogP contribution in [0.4, 0.5) is 0 Å². The highest BCUT2D eigenvalue weighted by Crippen LogP contribution is 2.59. The second-order valence-corrected chi connectivity index (χ2v) is 18.7. The minimum Gasteiger partial charge on any atom is -0.463 e. The lowest BCUT2D eigenvalue weighted by atomic mass is 9.98. The molecule has 14 nitrogen and oxygen atoms in total. The summed E-state index contributed by atoms with van der Waals surface area (Å²) in [6.07, 6.45) is -12.4. The topological polar surface area (TPSA) is 189 Å². The second-order valence-electron chi connectivity index (χ2n) is 13.9. The van der Waals surface area contributed by atoms with E-state index in [1.54, 1.807) is 0 Å². The van der Waals surface area contributed by atoms with E-state index in [-0.39, 0.29) is 43.7 Å². The zero-order chi connectivity index (χ0) is 35.3. The van der Waals surface area contributed by atoms with Gasteiger partial charge in [-0.05, 0) is 25.2 Å². The van der Waals surface area contributed by atoms with Gasteiger partial charge in [-0.1, -0.05) is 51.1 Å². The summed E-state index contributed by atoms with van der Waals surface area (Å²) < 4.78 is 43.7. The maximum Gasteiger partial charge on any atom is 0.339 e. The number of allylic oxidation sites excluding steroid dienone is 2. The average Bonchev–Trinajstić information content (AvgIpc) is 3.51. The second kappa shape index (κ2) is 16.6. The Labute approximate surface area is 277 Å². The van der Waals surface area contributed by atoms with Gasteiger partial charge in [0.05, 0.1) is 19.8 Å². The fourth-order valence-electron chi connectivity index (χ4n) is 5.72. The van der Waals surface area contributed by atoms with Crippen molar-refractivity contribution in [3.8, 4) is 11.5 Å². The maximum absolute atomic E-state index is 13.1. The lowest BCUT2D eigenvalue weighted by molar-refractivity contribution is -0.308. The third-order valence-electron chi connectivity index (χ3n) is 8.54. The Balaban J connectivity index is 1.59. The SMILES string of the molecule is CO[C@@H]1OC(C(=O)OCC#C[Si](C)(C)C)[C@@H](OCCO[C@@H]2OC(C(=O)OCC3C(C=C(C)C)C3(C)C)[C@@H](OC)[C@H](O)[C@@H]2O)[C@H](O)[C@@H]1O. The van der Waals surface area contributed by atoms with Crippen LogP contribution in [-0.2, 0) is 47.5 Å². The van der Waals surface area contributed by atoms with Crippen molar-refractivity contribution in [2.24, 2.45) is 17.3 Å². The van der Waals surface area contributed by atoms with Crippen LogP contribution in [0.15, 0.2) is 11.6 Å². The van der Waals surface area contributed by atoms with Crippen LogP contribution >= 0.6 is 0 Å². The Hall–Kier alpha value is -1.94. The highest BCUT2D eigenvalue weighted by atomic mass is 28.3. The molecule has 4 unspecified atom stereocenters. The van der Waals surface area contributed by atoms with Gasteiger partial charge in [0.2, 0.25) is 0 Å². The van der Waals surface area contributed by atoms with Crippen molar-refractivity contribution in [2.45, 2.75) is 109 Å². The number of hydrogen-bond acceptors (Lipinski definition) is 14. The average molecular weight is 689 g/mol. The Morgan fingerprint density at radius 2 is 1.36 bits per heavy atom. The van der Waals surface area contributed by atoms with Crippen molar-refractivity contribution in [3.63, 3.8) is 0 Å². The first-order valence-corrected chi connectivity index (χ1v) is 19.2. The molecule has 2 heterocycles. The van der Waals surface area contributed by atoms with Crippen molar-refractivity contribution in [2.75, 3.05) is 40.6 Å². The number of aliphatic hydroxyl groups excluding tert-OH is 4. The van der Waals surface area contributed by atoms with Crippen LogP contribution in [0.5, 0.6) is 0 Å². The van der Waals surface area contributed by atoms with E-state index < -0.39 is 81.4 Å². The molecule has 0 aromatic rings. The van der Waals surface area contributed by atoms with Crippen molar-refractivity contribution >= 4 is 20.0 Å². The molecule has 0 amide bonds. The van der Waals surface area contributed by atoms with E-state index in [1.165, 1.54) is 19.8 Å². The maximum atomic E-state index is 13.1. The number of carbonyl (C=O) groups is 2. The first kappa shape index (κ1) is 39.5. The molecule has 3 aliphatic rings. The minimum atomic E-state index is -1.69. The van der Waals surface area contributed by atoms with E-state index in [0.29, 0.717) is 0 Å². The molecule has 1 aliphatic carbocycles. The first-order valence-electron chi connectivity index (χ1n) is 15.7. The van der Waals surface area contributed by atoms with Gasteiger partial charge in [-0.25, -0.2) is 9.59 Å². The Bertz CT molecular complexity index is 1150. The molecule has 0 aromatic carbocycles. The number of rotatable bonds is 13. The molecule has 0 aromatic heterocycles. The van der Waals surface area contributed by atoms with Crippen LogP contribution in [0.3, 0.4) is 0 Å². The first-order chi connectivity index (χ1) is 21.9. The summed E-state index contributed by atoms with van der Waals surface area (Å²) >= 11 is 0. The van der Waals surface area contributed by atoms with E-state index in [1.807, 2.05) is 33.5 Å². The van der Waals surface area contributed by atoms with Crippen LogP contribution in [0.1, 0.15) is 27.7 Å². The predicted octanol–water partition coefficient (Wildman–Crippen LogP) is 0.149. The van der Waals surface area contributed by atoms with E-state index in [0.717, 1.165) is 0 Å². The smallest absolute Gasteiger partial charge is 0.339 e. The van der Waals surface area contributed by atoms with E-state index >= 15 is 0 Å². The molecule has 1 saturated carbocycles. The van der Waals surface area contributed by atoms with Crippen molar-refractivity contribution in [3.05, 3.63) is 11.6 Å². The molecular weight excluding hydrogens is 636 g/mol. The zero-order valence-electron chi connectivity index (χ0n) is 28.7. The molecule has 47 heavy (non-hydrogen) atoms. The van der Waals surface area contributed by atoms with Crippen LogP contribution in [0.2, 0.25) is 19.6 Å². The number of hydrogen-bond donors (Lipinski definition) is 4. The van der Waals surface area contributed by atoms with Gasteiger partial charge in [0.15, 0.2) is 31.4 Å². The number of aliphatic hydroxyl groups is 4. The molecule has 2 saturated heterocycles. The summed E-state index contributed by atoms with van der Waals surface area (Å²) in [5.41, 5.74) is 4.20. The normalized spacial score (nSPS) is 36.4. The van der Waals surface area contributed by atoms with Gasteiger partial charge in [-0.2, -0.15) is 0 Å². The fourth-order valence-corrected chi connectivity index (χ4v) is 6.33. The van der Waals surface area contributed by atoms with Gasteiger partial charge in [0.1, 0.15) is 44.7 Å². The summed E-state index contributed by atoms with van der Waals surface area (Å²) in [5.74, 6) is 1.53. The molecule has 0 bridgehead atoms. The highest BCUT2D eigenvalue weighted by molar-refractivity contribution is 6.83. The molecule has 268 valence electrons. The van der Waals surface area contributed by atoms with Crippen LogP contribution in [0.25, 0.3) is 0 Å². The molecular formula is C32H52O14Si. The Morgan fingerprint density at radius 3 is 1.96 bits per heavy atom. The van der Waals surface area contributed by atoms with Gasteiger partial charge < -0.3 is 58.3 Å². The Morgan fingerprint density at radius 1 is 0.809 bits per heavy atom. The van der Waals surface area contributed by atoms with Gasteiger partial charge in [0.25, 0.3) is 0 Å². The van der Waals surface area contributed by atoms with Crippen molar-refractivity contribution in [1.82, 2.24) is 0 Å². The summed E-state index contributed by atoms with van der Waals surface area (Å²) in [5, 5.41) is 42.5. The van der Waals surface area contributed by atoms with Gasteiger partial charge in [-0.3, -0.25) is 0 Å². The standard InChI is InChI=1S/C32H52O14Si/c1-17(2)15-18-19(32(18,3)4)16-44-29(38)26-24(39-5)20(33)23(36)31(46-26)43-13-12-41-25-21(34)22(35)30(40-6)45-27(25)28(37)42-11-10-14-47(7,8)9/h15,18-27,30-31,33-36H,11-13,16H2,1-9H3/t18?,19?,20-,21-,22+,23+,24+,25+,26?,27?,30-,31-/m1/s1. The van der Waals surface area contributed by atoms with Gasteiger partial charge in [-0.15, -0.1) is 5.54 Å². The van der Waals surface area contributed by atoms with E-state index in [4.69, 9.17) is 37.9 Å². The van der Waals surface area contributed by atoms with Crippen molar-refractivity contribution in [1.29, 1.82) is 0 Å².